The Labute approximate surface area is 165 Å². The molecule has 0 N–H and O–H groups in total. The number of hydrogen-bond donors (Lipinski definition) is 0. The van der Waals surface area contributed by atoms with Gasteiger partial charge in [-0.1, -0.05) is 39.3 Å². The van der Waals surface area contributed by atoms with Gasteiger partial charge >= 0.3 is 0 Å². The molecule has 2 aromatic carbocycles. The minimum absolute atomic E-state index is 0.0278. The van der Waals surface area contributed by atoms with Gasteiger partial charge < -0.3 is 14.2 Å². The summed E-state index contributed by atoms with van der Waals surface area (Å²) in [7, 11) is 1.62. The van der Waals surface area contributed by atoms with Gasteiger partial charge in [-0.25, -0.2) is 0 Å². The second kappa shape index (κ2) is 7.52. The predicted octanol–water partition coefficient (Wildman–Crippen LogP) is 4.49. The molecule has 1 aliphatic rings. The number of benzene rings is 2. The van der Waals surface area contributed by atoms with Crippen molar-refractivity contribution in [3.8, 4) is 17.1 Å². The van der Waals surface area contributed by atoms with Gasteiger partial charge in [0.05, 0.1) is 7.11 Å². The number of carbonyl (C=O) groups is 1. The van der Waals surface area contributed by atoms with Crippen molar-refractivity contribution in [1.82, 2.24) is 15.0 Å². The zero-order valence-corrected chi connectivity index (χ0v) is 16.3. The third-order valence-corrected chi connectivity index (χ3v) is 5.13. The van der Waals surface area contributed by atoms with Crippen molar-refractivity contribution >= 4 is 21.8 Å². The molecule has 2 heterocycles. The van der Waals surface area contributed by atoms with E-state index in [1.165, 1.54) is 0 Å². The van der Waals surface area contributed by atoms with Crippen molar-refractivity contribution in [3.05, 3.63) is 64.5 Å². The zero-order valence-electron chi connectivity index (χ0n) is 14.8. The lowest BCUT2D eigenvalue weighted by Crippen LogP contribution is -2.30. The summed E-state index contributed by atoms with van der Waals surface area (Å²) < 4.78 is 11.6. The summed E-state index contributed by atoms with van der Waals surface area (Å²) >= 11 is 3.42. The minimum atomic E-state index is -0.205. The Morgan fingerprint density at radius 3 is 2.93 bits per heavy atom. The summed E-state index contributed by atoms with van der Waals surface area (Å²) in [5.74, 6) is 1.66. The van der Waals surface area contributed by atoms with Crippen molar-refractivity contribution in [2.75, 3.05) is 13.7 Å². The zero-order chi connectivity index (χ0) is 18.8. The van der Waals surface area contributed by atoms with E-state index in [1.54, 1.807) is 7.11 Å². The number of halogens is 1. The van der Waals surface area contributed by atoms with Crippen LogP contribution in [-0.2, 0) is 0 Å². The molecule has 27 heavy (non-hydrogen) atoms. The molecule has 1 atom stereocenters. The fraction of sp³-hybridized carbons (Fsp3) is 0.250. The molecule has 0 bridgehead atoms. The Morgan fingerprint density at radius 1 is 1.26 bits per heavy atom. The van der Waals surface area contributed by atoms with E-state index in [0.29, 0.717) is 23.8 Å². The third-order valence-electron chi connectivity index (χ3n) is 4.64. The standard InChI is InChI=1S/C20H18BrN3O3/c1-26-16-8-3-5-13(12-16)18-22-19(27-23-18)17-9-4-10-24(17)20(25)14-6-2-7-15(21)11-14/h2-3,5-8,11-12,17H,4,9-10H2,1H3. The van der Waals surface area contributed by atoms with Gasteiger partial charge in [0.1, 0.15) is 11.8 Å². The molecule has 0 aliphatic carbocycles. The van der Waals surface area contributed by atoms with E-state index in [-0.39, 0.29) is 11.9 Å². The number of amides is 1. The second-order valence-electron chi connectivity index (χ2n) is 6.36. The first-order chi connectivity index (χ1) is 13.2. The number of ether oxygens (including phenoxy) is 1. The van der Waals surface area contributed by atoms with E-state index < -0.39 is 0 Å². The lowest BCUT2D eigenvalue weighted by Gasteiger charge is -2.22. The first kappa shape index (κ1) is 17.7. The number of aromatic nitrogens is 2. The molecule has 7 heteroatoms. The molecule has 3 aromatic rings. The molecule has 0 radical (unpaired) electrons. The van der Waals surface area contributed by atoms with Crippen molar-refractivity contribution in [2.24, 2.45) is 0 Å². The molecule has 1 unspecified atom stereocenters. The fourth-order valence-corrected chi connectivity index (χ4v) is 3.70. The van der Waals surface area contributed by atoms with Crippen molar-refractivity contribution < 1.29 is 14.1 Å². The van der Waals surface area contributed by atoms with Gasteiger partial charge in [0, 0.05) is 22.1 Å². The Balaban J connectivity index is 1.59. The molecule has 1 aliphatic heterocycles. The van der Waals surface area contributed by atoms with Gasteiger partial charge in [-0.15, -0.1) is 0 Å². The van der Waals surface area contributed by atoms with Crippen LogP contribution in [0.15, 0.2) is 57.5 Å². The van der Waals surface area contributed by atoms with E-state index in [0.717, 1.165) is 28.6 Å². The molecule has 1 aromatic heterocycles. The maximum atomic E-state index is 12.9. The highest BCUT2D eigenvalue weighted by Gasteiger charge is 2.34. The van der Waals surface area contributed by atoms with Crippen LogP contribution in [0.1, 0.15) is 35.1 Å². The third kappa shape index (κ3) is 3.60. The van der Waals surface area contributed by atoms with Crippen LogP contribution in [0, 0.1) is 0 Å². The quantitative estimate of drug-likeness (QED) is 0.613. The molecule has 4 rings (SSSR count). The normalized spacial score (nSPS) is 16.5. The van der Waals surface area contributed by atoms with Crippen LogP contribution in [-0.4, -0.2) is 34.6 Å². The van der Waals surface area contributed by atoms with Crippen LogP contribution < -0.4 is 4.74 Å². The molecule has 138 valence electrons. The number of hydrogen-bond acceptors (Lipinski definition) is 5. The van der Waals surface area contributed by atoms with E-state index in [9.17, 15) is 4.79 Å². The Kier molecular flexibility index (Phi) is 4.94. The van der Waals surface area contributed by atoms with Crippen LogP contribution in [0.25, 0.3) is 11.4 Å². The number of likely N-dealkylation sites (tertiary alicyclic amines) is 1. The first-order valence-corrected chi connectivity index (χ1v) is 9.49. The highest BCUT2D eigenvalue weighted by molar-refractivity contribution is 9.10. The molecule has 0 spiro atoms. The van der Waals surface area contributed by atoms with E-state index >= 15 is 0 Å². The topological polar surface area (TPSA) is 68.5 Å². The summed E-state index contributed by atoms with van der Waals surface area (Å²) in [5.41, 5.74) is 1.45. The average Bonchev–Trinajstić information content (AvgIpc) is 3.36. The highest BCUT2D eigenvalue weighted by atomic mass is 79.9. The van der Waals surface area contributed by atoms with Crippen LogP contribution in [0.4, 0.5) is 0 Å². The van der Waals surface area contributed by atoms with Crippen molar-refractivity contribution in [2.45, 2.75) is 18.9 Å². The fourth-order valence-electron chi connectivity index (χ4n) is 3.30. The van der Waals surface area contributed by atoms with Gasteiger partial charge in [-0.2, -0.15) is 4.98 Å². The number of nitrogens with zero attached hydrogens (tertiary/aromatic N) is 3. The van der Waals surface area contributed by atoms with E-state index in [1.807, 2.05) is 53.4 Å². The van der Waals surface area contributed by atoms with Gasteiger partial charge in [0.2, 0.25) is 11.7 Å². The molecule has 6 nitrogen and oxygen atoms in total. The molecule has 1 fully saturated rings. The van der Waals surface area contributed by atoms with Gasteiger partial charge in [0.15, 0.2) is 0 Å². The molecule has 0 saturated carbocycles. The Bertz CT molecular complexity index is 972. The van der Waals surface area contributed by atoms with Crippen LogP contribution in [0.2, 0.25) is 0 Å². The average molecular weight is 428 g/mol. The van der Waals surface area contributed by atoms with E-state index in [2.05, 4.69) is 26.1 Å². The van der Waals surface area contributed by atoms with Crippen LogP contribution in [0.3, 0.4) is 0 Å². The highest BCUT2D eigenvalue weighted by Crippen LogP contribution is 2.33. The van der Waals surface area contributed by atoms with Gasteiger partial charge in [-0.05, 0) is 43.2 Å². The summed E-state index contributed by atoms with van der Waals surface area (Å²) in [4.78, 5) is 19.3. The number of rotatable bonds is 4. The molecule has 1 saturated heterocycles. The summed E-state index contributed by atoms with van der Waals surface area (Å²) in [5, 5.41) is 4.10. The summed E-state index contributed by atoms with van der Waals surface area (Å²) in [6, 6.07) is 14.7. The second-order valence-corrected chi connectivity index (χ2v) is 7.27. The van der Waals surface area contributed by atoms with Gasteiger partial charge in [-0.3, -0.25) is 4.79 Å². The number of carbonyl (C=O) groups excluding carboxylic acids is 1. The molecular weight excluding hydrogens is 410 g/mol. The number of methoxy groups -OCH3 is 1. The van der Waals surface area contributed by atoms with E-state index in [4.69, 9.17) is 9.26 Å². The SMILES string of the molecule is COc1cccc(-c2noc(C3CCCN3C(=O)c3cccc(Br)c3)n2)c1. The Morgan fingerprint density at radius 2 is 2.11 bits per heavy atom. The lowest BCUT2D eigenvalue weighted by atomic mass is 10.1. The smallest absolute Gasteiger partial charge is 0.254 e. The molecule has 1 amide bonds. The predicted molar refractivity (Wildman–Crippen MR) is 103 cm³/mol. The maximum absolute atomic E-state index is 12.9. The Hall–Kier alpha value is -2.67. The van der Waals surface area contributed by atoms with Gasteiger partial charge in [0.25, 0.3) is 5.91 Å². The minimum Gasteiger partial charge on any atom is -0.497 e. The van der Waals surface area contributed by atoms with Crippen LogP contribution >= 0.6 is 15.9 Å². The lowest BCUT2D eigenvalue weighted by molar-refractivity contribution is 0.0710. The van der Waals surface area contributed by atoms with Crippen molar-refractivity contribution in [1.29, 1.82) is 0 Å². The largest absolute Gasteiger partial charge is 0.497 e. The van der Waals surface area contributed by atoms with Crippen molar-refractivity contribution in [3.63, 3.8) is 0 Å². The maximum Gasteiger partial charge on any atom is 0.254 e. The summed E-state index contributed by atoms with van der Waals surface area (Å²) in [6.07, 6.45) is 1.71. The summed E-state index contributed by atoms with van der Waals surface area (Å²) in [6.45, 7) is 0.673. The molecular formula is C20H18BrN3O3. The first-order valence-electron chi connectivity index (χ1n) is 8.70. The van der Waals surface area contributed by atoms with Crippen LogP contribution in [0.5, 0.6) is 5.75 Å². The monoisotopic (exact) mass is 427 g/mol.